The van der Waals surface area contributed by atoms with Crippen LogP contribution in [0, 0.1) is 11.8 Å². The number of hydrogen-bond acceptors (Lipinski definition) is 3. The van der Waals surface area contributed by atoms with E-state index in [1.807, 2.05) is 30.3 Å². The standard InChI is InChI=1S/C14H18N2O2/c15-10-6-11-12(7-10)13(11)16-14(17)18-8-9-4-2-1-3-5-9/h1-5,10-13H,6-8,15H2,(H,16,17)/t10?,11-,12+,13?. The van der Waals surface area contributed by atoms with Crippen molar-refractivity contribution < 1.29 is 9.53 Å². The van der Waals surface area contributed by atoms with E-state index < -0.39 is 0 Å². The molecule has 2 aliphatic carbocycles. The van der Waals surface area contributed by atoms with Crippen LogP contribution in [0.1, 0.15) is 18.4 Å². The van der Waals surface area contributed by atoms with E-state index in [2.05, 4.69) is 5.32 Å². The van der Waals surface area contributed by atoms with Crippen LogP contribution in [0.2, 0.25) is 0 Å². The molecule has 0 heterocycles. The van der Waals surface area contributed by atoms with Crippen LogP contribution in [0.5, 0.6) is 0 Å². The van der Waals surface area contributed by atoms with Gasteiger partial charge in [-0.15, -0.1) is 0 Å². The number of hydrogen-bond donors (Lipinski definition) is 2. The molecule has 1 aromatic carbocycles. The van der Waals surface area contributed by atoms with Crippen LogP contribution < -0.4 is 11.1 Å². The first-order valence-corrected chi connectivity index (χ1v) is 6.47. The Bertz CT molecular complexity index is 423. The van der Waals surface area contributed by atoms with Crippen molar-refractivity contribution in [2.24, 2.45) is 17.6 Å². The van der Waals surface area contributed by atoms with E-state index in [0.29, 0.717) is 30.5 Å². The van der Waals surface area contributed by atoms with Crippen molar-refractivity contribution in [3.63, 3.8) is 0 Å². The van der Waals surface area contributed by atoms with Gasteiger partial charge < -0.3 is 15.8 Å². The lowest BCUT2D eigenvalue weighted by Gasteiger charge is -2.11. The van der Waals surface area contributed by atoms with Crippen molar-refractivity contribution in [1.82, 2.24) is 5.32 Å². The molecule has 0 aromatic heterocycles. The highest BCUT2D eigenvalue weighted by molar-refractivity contribution is 5.68. The van der Waals surface area contributed by atoms with Crippen molar-refractivity contribution >= 4 is 6.09 Å². The van der Waals surface area contributed by atoms with Crippen molar-refractivity contribution in [2.75, 3.05) is 0 Å². The first-order chi connectivity index (χ1) is 8.74. The Hall–Kier alpha value is -1.55. The van der Waals surface area contributed by atoms with Crippen LogP contribution in [0.3, 0.4) is 0 Å². The predicted molar refractivity (Wildman–Crippen MR) is 67.7 cm³/mol. The molecule has 0 radical (unpaired) electrons. The normalized spacial score (nSPS) is 32.7. The smallest absolute Gasteiger partial charge is 0.407 e. The molecule has 18 heavy (non-hydrogen) atoms. The zero-order chi connectivity index (χ0) is 12.5. The first kappa shape index (κ1) is 11.5. The minimum Gasteiger partial charge on any atom is -0.445 e. The lowest BCUT2D eigenvalue weighted by molar-refractivity contribution is 0.137. The van der Waals surface area contributed by atoms with E-state index in [9.17, 15) is 4.79 Å². The lowest BCUT2D eigenvalue weighted by Crippen LogP contribution is -2.31. The number of alkyl carbamates (subject to hydrolysis) is 1. The van der Waals surface area contributed by atoms with Crippen LogP contribution in [-0.2, 0) is 11.3 Å². The van der Waals surface area contributed by atoms with Gasteiger partial charge >= 0.3 is 6.09 Å². The summed E-state index contributed by atoms with van der Waals surface area (Å²) in [5.74, 6) is 1.17. The van der Waals surface area contributed by atoms with Crippen LogP contribution in [0.4, 0.5) is 4.79 Å². The van der Waals surface area contributed by atoms with Gasteiger partial charge in [-0.2, -0.15) is 0 Å². The Morgan fingerprint density at radius 2 is 1.94 bits per heavy atom. The number of carbonyl (C=O) groups is 1. The summed E-state index contributed by atoms with van der Waals surface area (Å²) < 4.78 is 5.19. The minimum atomic E-state index is -0.313. The SMILES string of the molecule is NC1C[C@@H]2C(NC(=O)OCc3ccccc3)[C@@H]2C1. The summed E-state index contributed by atoms with van der Waals surface area (Å²) in [6.45, 7) is 0.328. The summed E-state index contributed by atoms with van der Waals surface area (Å²) in [6.07, 6.45) is 1.76. The van der Waals surface area contributed by atoms with Crippen molar-refractivity contribution in [1.29, 1.82) is 0 Å². The van der Waals surface area contributed by atoms with E-state index in [-0.39, 0.29) is 6.09 Å². The molecule has 0 spiro atoms. The maximum atomic E-state index is 11.6. The number of nitrogens with one attached hydrogen (secondary N) is 1. The molecule has 4 heteroatoms. The van der Waals surface area contributed by atoms with Gasteiger partial charge in [0.15, 0.2) is 0 Å². The predicted octanol–water partition coefficient (Wildman–Crippen LogP) is 1.65. The third-order valence-corrected chi connectivity index (χ3v) is 3.98. The molecule has 96 valence electrons. The Morgan fingerprint density at radius 1 is 1.28 bits per heavy atom. The highest BCUT2D eigenvalue weighted by Crippen LogP contribution is 2.51. The van der Waals surface area contributed by atoms with Crippen LogP contribution in [-0.4, -0.2) is 18.2 Å². The van der Waals surface area contributed by atoms with E-state index in [1.54, 1.807) is 0 Å². The number of benzene rings is 1. The topological polar surface area (TPSA) is 64.3 Å². The van der Waals surface area contributed by atoms with E-state index >= 15 is 0 Å². The van der Waals surface area contributed by atoms with Gasteiger partial charge in [0, 0.05) is 12.1 Å². The van der Waals surface area contributed by atoms with Gasteiger partial charge in [0.2, 0.25) is 0 Å². The van der Waals surface area contributed by atoms with Crippen molar-refractivity contribution in [3.8, 4) is 0 Å². The molecule has 0 bridgehead atoms. The second kappa shape index (κ2) is 4.61. The number of nitrogens with two attached hydrogens (primary N) is 1. The second-order valence-corrected chi connectivity index (χ2v) is 5.29. The van der Waals surface area contributed by atoms with E-state index in [1.165, 1.54) is 0 Å². The molecular formula is C14H18N2O2. The molecule has 2 aliphatic rings. The third-order valence-electron chi connectivity index (χ3n) is 3.98. The fourth-order valence-corrected chi connectivity index (χ4v) is 3.00. The fourth-order valence-electron chi connectivity index (χ4n) is 3.00. The van der Waals surface area contributed by atoms with Gasteiger partial charge in [-0.3, -0.25) is 0 Å². The van der Waals surface area contributed by atoms with E-state index in [0.717, 1.165) is 18.4 Å². The zero-order valence-electron chi connectivity index (χ0n) is 10.2. The van der Waals surface area contributed by atoms with Crippen molar-refractivity contribution in [2.45, 2.75) is 31.5 Å². The van der Waals surface area contributed by atoms with Crippen LogP contribution in [0.15, 0.2) is 30.3 Å². The van der Waals surface area contributed by atoms with Crippen LogP contribution in [0.25, 0.3) is 0 Å². The molecule has 3 rings (SSSR count). The summed E-state index contributed by atoms with van der Waals surface area (Å²) in [4.78, 5) is 11.6. The Balaban J connectivity index is 1.41. The number of carbonyl (C=O) groups excluding carboxylic acids is 1. The zero-order valence-corrected chi connectivity index (χ0v) is 10.2. The van der Waals surface area contributed by atoms with Crippen LogP contribution >= 0.6 is 0 Å². The Morgan fingerprint density at radius 3 is 2.61 bits per heavy atom. The first-order valence-electron chi connectivity index (χ1n) is 6.47. The highest BCUT2D eigenvalue weighted by Gasteiger charge is 2.56. The molecule has 2 saturated carbocycles. The van der Waals surface area contributed by atoms with Gasteiger partial charge in [-0.1, -0.05) is 30.3 Å². The minimum absolute atomic E-state index is 0.299. The quantitative estimate of drug-likeness (QED) is 0.852. The third kappa shape index (κ3) is 2.34. The summed E-state index contributed by atoms with van der Waals surface area (Å²) in [6, 6.07) is 10.3. The number of ether oxygens (including phenoxy) is 1. The number of rotatable bonds is 3. The summed E-state index contributed by atoms with van der Waals surface area (Å²) in [7, 11) is 0. The van der Waals surface area contributed by atoms with Gasteiger partial charge in [-0.05, 0) is 30.2 Å². The number of amides is 1. The molecule has 1 aromatic rings. The molecule has 0 saturated heterocycles. The molecule has 0 aliphatic heterocycles. The molecule has 2 fully saturated rings. The van der Waals surface area contributed by atoms with Gasteiger partial charge in [-0.25, -0.2) is 4.79 Å². The van der Waals surface area contributed by atoms with Crippen molar-refractivity contribution in [3.05, 3.63) is 35.9 Å². The maximum absolute atomic E-state index is 11.6. The molecule has 4 nitrogen and oxygen atoms in total. The highest BCUT2D eigenvalue weighted by atomic mass is 16.5. The summed E-state index contributed by atoms with van der Waals surface area (Å²) in [5, 5.41) is 2.93. The fraction of sp³-hybridized carbons (Fsp3) is 0.500. The number of fused-ring (bicyclic) bond motifs is 1. The largest absolute Gasteiger partial charge is 0.445 e. The van der Waals surface area contributed by atoms with E-state index in [4.69, 9.17) is 10.5 Å². The maximum Gasteiger partial charge on any atom is 0.407 e. The molecule has 3 N–H and O–H groups in total. The monoisotopic (exact) mass is 246 g/mol. The molecule has 1 amide bonds. The summed E-state index contributed by atoms with van der Waals surface area (Å²) >= 11 is 0. The second-order valence-electron chi connectivity index (χ2n) is 5.29. The summed E-state index contributed by atoms with van der Waals surface area (Å²) in [5.41, 5.74) is 6.84. The molecule has 4 atom stereocenters. The molecular weight excluding hydrogens is 228 g/mol. The molecule has 2 unspecified atom stereocenters. The van der Waals surface area contributed by atoms with Gasteiger partial charge in [0.05, 0.1) is 0 Å². The lowest BCUT2D eigenvalue weighted by atomic mass is 10.1. The van der Waals surface area contributed by atoms with Gasteiger partial charge in [0.25, 0.3) is 0 Å². The average molecular weight is 246 g/mol. The van der Waals surface area contributed by atoms with Gasteiger partial charge in [0.1, 0.15) is 6.61 Å². The Labute approximate surface area is 107 Å². The average Bonchev–Trinajstić information content (AvgIpc) is 2.84. The Kier molecular flexibility index (Phi) is 2.96.